The molecule has 1 aromatic heterocycles. The predicted molar refractivity (Wildman–Crippen MR) is 84.5 cm³/mol. The van der Waals surface area contributed by atoms with E-state index in [-0.39, 0.29) is 0 Å². The fourth-order valence-corrected chi connectivity index (χ4v) is 2.90. The van der Waals surface area contributed by atoms with Crippen LogP contribution in [0.5, 0.6) is 0 Å². The molecule has 1 heterocycles. The largest absolute Gasteiger partial charge is 0.370 e. The van der Waals surface area contributed by atoms with Crippen LogP contribution in [0.3, 0.4) is 0 Å². The molecule has 0 radical (unpaired) electrons. The summed E-state index contributed by atoms with van der Waals surface area (Å²) in [6, 6.07) is 10.2. The third-order valence-electron chi connectivity index (χ3n) is 2.43. The lowest BCUT2D eigenvalue weighted by atomic mass is 10.4. The molecule has 0 aliphatic heterocycles. The molecule has 1 aromatic carbocycles. The Balaban J connectivity index is 1.95. The predicted octanol–water partition coefficient (Wildman–Crippen LogP) is 4.35. The molecule has 2 aromatic rings. The van der Waals surface area contributed by atoms with Gasteiger partial charge in [0.25, 0.3) is 0 Å². The molecule has 0 spiro atoms. The third kappa shape index (κ3) is 4.84. The van der Waals surface area contributed by atoms with E-state index in [1.54, 1.807) is 11.8 Å². The molecule has 0 saturated heterocycles. The van der Waals surface area contributed by atoms with Gasteiger partial charge in [-0.2, -0.15) is 0 Å². The second-order valence-electron chi connectivity index (χ2n) is 4.03. The van der Waals surface area contributed by atoms with Crippen LogP contribution in [0.1, 0.15) is 19.2 Å². The molecule has 0 aliphatic carbocycles. The molecule has 5 heteroatoms. The maximum Gasteiger partial charge on any atom is 0.140 e. The van der Waals surface area contributed by atoms with Gasteiger partial charge in [-0.15, -0.1) is 11.8 Å². The monoisotopic (exact) mass is 337 g/mol. The van der Waals surface area contributed by atoms with Gasteiger partial charge in [0.05, 0.1) is 5.75 Å². The number of thioether (sulfide) groups is 1. The lowest BCUT2D eigenvalue weighted by Gasteiger charge is -2.05. The van der Waals surface area contributed by atoms with E-state index in [9.17, 15) is 0 Å². The summed E-state index contributed by atoms with van der Waals surface area (Å²) >= 11 is 5.21. The number of nitrogens with zero attached hydrogens (tertiary/aromatic N) is 2. The molecule has 0 unspecified atom stereocenters. The number of benzene rings is 1. The van der Waals surface area contributed by atoms with Gasteiger partial charge >= 0.3 is 0 Å². The fourth-order valence-electron chi connectivity index (χ4n) is 1.52. The SMILES string of the molecule is CCCNc1ccnc(CSc2cccc(Br)c2)n1. The summed E-state index contributed by atoms with van der Waals surface area (Å²) in [6.45, 7) is 3.08. The van der Waals surface area contributed by atoms with Crippen molar-refractivity contribution in [1.29, 1.82) is 0 Å². The minimum absolute atomic E-state index is 0.776. The van der Waals surface area contributed by atoms with Gasteiger partial charge in [0, 0.05) is 22.1 Å². The van der Waals surface area contributed by atoms with E-state index in [4.69, 9.17) is 0 Å². The van der Waals surface area contributed by atoms with E-state index in [0.717, 1.165) is 34.8 Å². The molecule has 19 heavy (non-hydrogen) atoms. The highest BCUT2D eigenvalue weighted by Gasteiger charge is 2.01. The highest BCUT2D eigenvalue weighted by Crippen LogP contribution is 2.24. The zero-order valence-electron chi connectivity index (χ0n) is 10.8. The minimum Gasteiger partial charge on any atom is -0.370 e. The summed E-state index contributed by atoms with van der Waals surface area (Å²) in [5, 5.41) is 3.27. The minimum atomic E-state index is 0.776. The van der Waals surface area contributed by atoms with Crippen molar-refractivity contribution in [3.8, 4) is 0 Å². The van der Waals surface area contributed by atoms with Gasteiger partial charge in [-0.3, -0.25) is 0 Å². The molecule has 100 valence electrons. The lowest BCUT2D eigenvalue weighted by molar-refractivity contribution is 0.951. The Morgan fingerprint density at radius 3 is 3.00 bits per heavy atom. The van der Waals surface area contributed by atoms with Gasteiger partial charge < -0.3 is 5.32 Å². The number of nitrogens with one attached hydrogen (secondary N) is 1. The van der Waals surface area contributed by atoms with E-state index in [2.05, 4.69) is 50.3 Å². The van der Waals surface area contributed by atoms with Crippen molar-refractivity contribution in [1.82, 2.24) is 9.97 Å². The number of hydrogen-bond acceptors (Lipinski definition) is 4. The lowest BCUT2D eigenvalue weighted by Crippen LogP contribution is -2.04. The quantitative estimate of drug-likeness (QED) is 0.795. The third-order valence-corrected chi connectivity index (χ3v) is 3.91. The number of hydrogen-bond donors (Lipinski definition) is 1. The zero-order valence-corrected chi connectivity index (χ0v) is 13.2. The van der Waals surface area contributed by atoms with Crippen LogP contribution in [0.2, 0.25) is 0 Å². The Morgan fingerprint density at radius 2 is 2.21 bits per heavy atom. The van der Waals surface area contributed by atoms with Crippen LogP contribution in [0.15, 0.2) is 45.9 Å². The Labute approximate surface area is 126 Å². The maximum atomic E-state index is 4.49. The van der Waals surface area contributed by atoms with Crippen LogP contribution in [-0.2, 0) is 5.75 Å². The van der Waals surface area contributed by atoms with Gasteiger partial charge in [0.15, 0.2) is 0 Å². The highest BCUT2D eigenvalue weighted by molar-refractivity contribution is 9.10. The molecular weight excluding hydrogens is 322 g/mol. The average molecular weight is 338 g/mol. The molecule has 3 nitrogen and oxygen atoms in total. The van der Waals surface area contributed by atoms with E-state index < -0.39 is 0 Å². The molecule has 2 rings (SSSR count). The van der Waals surface area contributed by atoms with Crippen LogP contribution in [0.4, 0.5) is 5.82 Å². The van der Waals surface area contributed by atoms with Crippen LogP contribution >= 0.6 is 27.7 Å². The van der Waals surface area contributed by atoms with Crippen LogP contribution in [0, 0.1) is 0 Å². The van der Waals surface area contributed by atoms with Crippen molar-refractivity contribution in [2.75, 3.05) is 11.9 Å². The molecule has 0 fully saturated rings. The van der Waals surface area contributed by atoms with Crippen molar-refractivity contribution in [2.45, 2.75) is 24.0 Å². The van der Waals surface area contributed by atoms with Crippen molar-refractivity contribution in [3.63, 3.8) is 0 Å². The van der Waals surface area contributed by atoms with Gasteiger partial charge in [-0.05, 0) is 30.7 Å². The first kappa shape index (κ1) is 14.3. The number of halogens is 1. The molecule has 0 amide bonds. The van der Waals surface area contributed by atoms with Crippen molar-refractivity contribution in [2.24, 2.45) is 0 Å². The van der Waals surface area contributed by atoms with Gasteiger partial charge in [0.2, 0.25) is 0 Å². The Hall–Kier alpha value is -1.07. The maximum absolute atomic E-state index is 4.49. The van der Waals surface area contributed by atoms with Gasteiger partial charge in [-0.25, -0.2) is 9.97 Å². The molecule has 0 atom stereocenters. The molecule has 1 N–H and O–H groups in total. The van der Waals surface area contributed by atoms with E-state index in [1.807, 2.05) is 24.4 Å². The summed E-state index contributed by atoms with van der Waals surface area (Å²) < 4.78 is 1.09. The molecular formula is C14H16BrN3S. The van der Waals surface area contributed by atoms with E-state index >= 15 is 0 Å². The molecule has 0 bridgehead atoms. The smallest absolute Gasteiger partial charge is 0.140 e. The van der Waals surface area contributed by atoms with E-state index in [0.29, 0.717) is 0 Å². The molecule has 0 saturated carbocycles. The first-order valence-electron chi connectivity index (χ1n) is 6.22. The summed E-state index contributed by atoms with van der Waals surface area (Å²) in [5.41, 5.74) is 0. The zero-order chi connectivity index (χ0) is 13.5. The summed E-state index contributed by atoms with van der Waals surface area (Å²) in [6.07, 6.45) is 2.90. The standard InChI is InChI=1S/C14H16BrN3S/c1-2-7-16-13-6-8-17-14(18-13)10-19-12-5-3-4-11(15)9-12/h3-6,8-9H,2,7,10H2,1H3,(H,16,17,18). The Bertz CT molecular complexity index is 534. The van der Waals surface area contributed by atoms with Gasteiger partial charge in [-0.1, -0.05) is 28.9 Å². The fraction of sp³-hybridized carbons (Fsp3) is 0.286. The second kappa shape index (κ2) is 7.50. The average Bonchev–Trinajstić information content (AvgIpc) is 2.43. The normalized spacial score (nSPS) is 10.4. The first-order chi connectivity index (χ1) is 9.28. The highest BCUT2D eigenvalue weighted by atomic mass is 79.9. The summed E-state index contributed by atoms with van der Waals surface area (Å²) in [5.74, 6) is 2.53. The molecule has 0 aliphatic rings. The van der Waals surface area contributed by atoms with E-state index in [1.165, 1.54) is 4.90 Å². The summed E-state index contributed by atoms with van der Waals surface area (Å²) in [7, 11) is 0. The second-order valence-corrected chi connectivity index (χ2v) is 6.00. The number of aromatic nitrogens is 2. The number of anilines is 1. The topological polar surface area (TPSA) is 37.8 Å². The summed E-state index contributed by atoms with van der Waals surface area (Å²) in [4.78, 5) is 10.0. The van der Waals surface area contributed by atoms with Gasteiger partial charge in [0.1, 0.15) is 11.6 Å². The first-order valence-corrected chi connectivity index (χ1v) is 8.00. The van der Waals surface area contributed by atoms with Crippen LogP contribution in [-0.4, -0.2) is 16.5 Å². The van der Waals surface area contributed by atoms with Crippen LogP contribution in [0.25, 0.3) is 0 Å². The van der Waals surface area contributed by atoms with Crippen LogP contribution < -0.4 is 5.32 Å². The number of rotatable bonds is 6. The van der Waals surface area contributed by atoms with Crippen molar-refractivity contribution < 1.29 is 0 Å². The Morgan fingerprint density at radius 1 is 1.32 bits per heavy atom. The van der Waals surface area contributed by atoms with Crippen molar-refractivity contribution >= 4 is 33.5 Å². The Kier molecular flexibility index (Phi) is 5.66. The van der Waals surface area contributed by atoms with Crippen molar-refractivity contribution in [3.05, 3.63) is 46.8 Å².